The smallest absolute Gasteiger partial charge is 0.358 e. The fraction of sp³-hybridized carbons (Fsp3) is 0.583. The summed E-state index contributed by atoms with van der Waals surface area (Å²) in [6.07, 6.45) is 3.81. The van der Waals surface area contributed by atoms with E-state index in [-0.39, 0.29) is 5.69 Å². The van der Waals surface area contributed by atoms with Gasteiger partial charge in [-0.3, -0.25) is 0 Å². The summed E-state index contributed by atoms with van der Waals surface area (Å²) in [5, 5.41) is 12.0. The number of aromatic nitrogens is 2. The number of nitrogens with one attached hydrogen (secondary N) is 1. The Labute approximate surface area is 107 Å². The zero-order valence-corrected chi connectivity index (χ0v) is 10.9. The minimum atomic E-state index is -1.06. The number of carbonyl (C=O) groups is 1. The molecule has 0 aliphatic heterocycles. The van der Waals surface area contributed by atoms with E-state index < -0.39 is 5.97 Å². The van der Waals surface area contributed by atoms with Crippen LogP contribution in [0.2, 0.25) is 0 Å². The lowest BCUT2D eigenvalue weighted by molar-refractivity contribution is 0.0691. The second kappa shape index (κ2) is 7.60. The van der Waals surface area contributed by atoms with Gasteiger partial charge in [0.15, 0.2) is 11.5 Å². The van der Waals surface area contributed by atoms with E-state index in [4.69, 9.17) is 5.11 Å². The fourth-order valence-corrected chi connectivity index (χ4v) is 1.67. The second-order valence-corrected chi connectivity index (χ2v) is 3.87. The first-order valence-electron chi connectivity index (χ1n) is 6.19. The van der Waals surface area contributed by atoms with Crippen LogP contribution < -0.4 is 5.32 Å². The number of anilines is 1. The Kier molecular flexibility index (Phi) is 6.07. The number of carboxylic acid groups (broad SMARTS) is 1. The van der Waals surface area contributed by atoms with Crippen molar-refractivity contribution in [2.75, 3.05) is 31.5 Å². The lowest BCUT2D eigenvalue weighted by Crippen LogP contribution is -2.25. The van der Waals surface area contributed by atoms with E-state index in [9.17, 15) is 4.79 Å². The fourth-order valence-electron chi connectivity index (χ4n) is 1.67. The Hall–Kier alpha value is -1.69. The Bertz CT molecular complexity index is 380. The van der Waals surface area contributed by atoms with Crippen molar-refractivity contribution in [1.29, 1.82) is 0 Å². The van der Waals surface area contributed by atoms with Crippen molar-refractivity contribution >= 4 is 11.8 Å². The first kappa shape index (κ1) is 14.4. The van der Waals surface area contributed by atoms with Crippen molar-refractivity contribution in [3.05, 3.63) is 18.1 Å². The highest BCUT2D eigenvalue weighted by molar-refractivity contribution is 5.90. The molecule has 0 atom stereocenters. The number of nitrogens with zero attached hydrogens (tertiary/aromatic N) is 3. The monoisotopic (exact) mass is 252 g/mol. The van der Waals surface area contributed by atoms with E-state index in [1.807, 2.05) is 0 Å². The van der Waals surface area contributed by atoms with Crippen LogP contribution in [0.1, 0.15) is 30.8 Å². The SMILES string of the molecule is CCN(CC)CCCNc1nccnc1C(=O)O. The average Bonchev–Trinajstić information content (AvgIpc) is 2.39. The van der Waals surface area contributed by atoms with Gasteiger partial charge in [-0.2, -0.15) is 0 Å². The molecule has 0 amide bonds. The molecule has 0 radical (unpaired) electrons. The third-order valence-corrected chi connectivity index (χ3v) is 2.74. The molecule has 2 N–H and O–H groups in total. The minimum absolute atomic E-state index is 0.0275. The molecular formula is C12H20N4O2. The number of aromatic carboxylic acids is 1. The van der Waals surface area contributed by atoms with Gasteiger partial charge in [-0.1, -0.05) is 13.8 Å². The van der Waals surface area contributed by atoms with Gasteiger partial charge in [0.2, 0.25) is 0 Å². The minimum Gasteiger partial charge on any atom is -0.476 e. The predicted octanol–water partition coefficient (Wildman–Crippen LogP) is 1.32. The first-order chi connectivity index (χ1) is 8.69. The quantitative estimate of drug-likeness (QED) is 0.679. The third kappa shape index (κ3) is 4.29. The van der Waals surface area contributed by atoms with Crippen molar-refractivity contribution in [3.8, 4) is 0 Å². The highest BCUT2D eigenvalue weighted by atomic mass is 16.4. The summed E-state index contributed by atoms with van der Waals surface area (Å²) in [5.74, 6) is -0.723. The molecule has 100 valence electrons. The maximum atomic E-state index is 10.9. The molecule has 1 heterocycles. The van der Waals surface area contributed by atoms with E-state index in [1.165, 1.54) is 12.4 Å². The lowest BCUT2D eigenvalue weighted by atomic mass is 10.3. The molecular weight excluding hydrogens is 232 g/mol. The van der Waals surface area contributed by atoms with Crippen LogP contribution in [0.4, 0.5) is 5.82 Å². The van der Waals surface area contributed by atoms with Crippen LogP contribution in [0.25, 0.3) is 0 Å². The largest absolute Gasteiger partial charge is 0.476 e. The second-order valence-electron chi connectivity index (χ2n) is 3.87. The molecule has 18 heavy (non-hydrogen) atoms. The van der Waals surface area contributed by atoms with Gasteiger partial charge in [-0.15, -0.1) is 0 Å². The molecule has 0 aromatic carbocycles. The predicted molar refractivity (Wildman–Crippen MR) is 69.9 cm³/mol. The maximum Gasteiger partial charge on any atom is 0.358 e. The molecule has 6 heteroatoms. The van der Waals surface area contributed by atoms with Crippen molar-refractivity contribution in [2.45, 2.75) is 20.3 Å². The summed E-state index contributed by atoms with van der Waals surface area (Å²) in [7, 11) is 0. The normalized spacial score (nSPS) is 10.6. The summed E-state index contributed by atoms with van der Waals surface area (Å²) >= 11 is 0. The molecule has 0 unspecified atom stereocenters. The molecule has 1 aromatic rings. The molecule has 0 saturated heterocycles. The molecule has 0 aliphatic rings. The van der Waals surface area contributed by atoms with Gasteiger partial charge < -0.3 is 15.3 Å². The summed E-state index contributed by atoms with van der Waals surface area (Å²) in [6.45, 7) is 7.99. The van der Waals surface area contributed by atoms with Crippen molar-refractivity contribution in [1.82, 2.24) is 14.9 Å². The number of carboxylic acids is 1. The van der Waals surface area contributed by atoms with E-state index in [2.05, 4.69) is 34.0 Å². The summed E-state index contributed by atoms with van der Waals surface area (Å²) in [6, 6.07) is 0. The lowest BCUT2D eigenvalue weighted by Gasteiger charge is -2.17. The Balaban J connectivity index is 2.42. The van der Waals surface area contributed by atoms with E-state index in [0.29, 0.717) is 12.4 Å². The average molecular weight is 252 g/mol. The first-order valence-corrected chi connectivity index (χ1v) is 6.19. The Morgan fingerprint density at radius 1 is 1.33 bits per heavy atom. The van der Waals surface area contributed by atoms with Crippen LogP contribution in [-0.4, -0.2) is 52.1 Å². The van der Waals surface area contributed by atoms with Gasteiger partial charge in [-0.05, 0) is 26.1 Å². The molecule has 1 rings (SSSR count). The molecule has 0 fully saturated rings. The molecule has 0 aliphatic carbocycles. The summed E-state index contributed by atoms with van der Waals surface area (Å²) < 4.78 is 0. The molecule has 1 aromatic heterocycles. The molecule has 0 saturated carbocycles. The zero-order valence-electron chi connectivity index (χ0n) is 10.9. The molecule has 6 nitrogen and oxygen atoms in total. The third-order valence-electron chi connectivity index (χ3n) is 2.74. The van der Waals surface area contributed by atoms with Crippen molar-refractivity contribution in [3.63, 3.8) is 0 Å². The van der Waals surface area contributed by atoms with Crippen LogP contribution in [0.3, 0.4) is 0 Å². The molecule has 0 spiro atoms. The van der Waals surface area contributed by atoms with Gasteiger partial charge in [0, 0.05) is 18.9 Å². The highest BCUT2D eigenvalue weighted by Gasteiger charge is 2.11. The maximum absolute atomic E-state index is 10.9. The number of hydrogen-bond donors (Lipinski definition) is 2. The molecule has 0 bridgehead atoms. The van der Waals surface area contributed by atoms with Crippen LogP contribution in [0.15, 0.2) is 12.4 Å². The van der Waals surface area contributed by atoms with Gasteiger partial charge in [0.25, 0.3) is 0 Å². The van der Waals surface area contributed by atoms with Gasteiger partial charge in [-0.25, -0.2) is 14.8 Å². The van der Waals surface area contributed by atoms with Crippen LogP contribution in [0.5, 0.6) is 0 Å². The summed E-state index contributed by atoms with van der Waals surface area (Å²) in [4.78, 5) is 21.0. The number of rotatable bonds is 8. The van der Waals surface area contributed by atoms with E-state index in [1.54, 1.807) is 0 Å². The van der Waals surface area contributed by atoms with Gasteiger partial charge in [0.05, 0.1) is 0 Å². The highest BCUT2D eigenvalue weighted by Crippen LogP contribution is 2.07. The number of hydrogen-bond acceptors (Lipinski definition) is 5. The van der Waals surface area contributed by atoms with Gasteiger partial charge in [0.1, 0.15) is 0 Å². The van der Waals surface area contributed by atoms with E-state index >= 15 is 0 Å². The Morgan fingerprint density at radius 3 is 2.61 bits per heavy atom. The summed E-state index contributed by atoms with van der Waals surface area (Å²) in [5.41, 5.74) is -0.0275. The van der Waals surface area contributed by atoms with Crippen LogP contribution in [-0.2, 0) is 0 Å². The van der Waals surface area contributed by atoms with Gasteiger partial charge >= 0.3 is 5.97 Å². The van der Waals surface area contributed by atoms with Crippen LogP contribution in [0, 0.1) is 0 Å². The standard InChI is InChI=1S/C12H20N4O2/c1-3-16(4-2)9-5-6-14-11-10(12(17)18)13-7-8-15-11/h7-8H,3-6,9H2,1-2H3,(H,14,15)(H,17,18). The van der Waals surface area contributed by atoms with Crippen molar-refractivity contribution in [2.24, 2.45) is 0 Å². The topological polar surface area (TPSA) is 78.3 Å². The van der Waals surface area contributed by atoms with Crippen LogP contribution >= 0.6 is 0 Å². The van der Waals surface area contributed by atoms with E-state index in [0.717, 1.165) is 26.1 Å². The van der Waals surface area contributed by atoms with Crippen molar-refractivity contribution < 1.29 is 9.90 Å². The Morgan fingerprint density at radius 2 is 2.00 bits per heavy atom. The zero-order chi connectivity index (χ0) is 13.4.